The van der Waals surface area contributed by atoms with Crippen molar-refractivity contribution in [2.45, 2.75) is 6.04 Å². The van der Waals surface area contributed by atoms with Gasteiger partial charge in [-0.3, -0.25) is 10.1 Å². The van der Waals surface area contributed by atoms with E-state index in [4.69, 9.17) is 9.47 Å². The Bertz CT molecular complexity index is 667. The van der Waals surface area contributed by atoms with Crippen molar-refractivity contribution in [3.8, 4) is 11.5 Å². The van der Waals surface area contributed by atoms with E-state index >= 15 is 0 Å². The van der Waals surface area contributed by atoms with Crippen LogP contribution in [0.2, 0.25) is 0 Å². The zero-order chi connectivity index (χ0) is 14.8. The third kappa shape index (κ3) is 2.38. The first-order valence-electron chi connectivity index (χ1n) is 6.82. The normalized spacial score (nSPS) is 17.2. The number of hydrogen-bond acceptors (Lipinski definition) is 4. The molecule has 0 fully saturated rings. The van der Waals surface area contributed by atoms with Gasteiger partial charge in [0, 0.05) is 5.56 Å². The molecule has 0 saturated heterocycles. The Kier molecular flexibility index (Phi) is 3.62. The van der Waals surface area contributed by atoms with Crippen LogP contribution in [0, 0.1) is 0 Å². The number of carbonyl (C=O) groups excluding carboxylic acids is 1. The van der Waals surface area contributed by atoms with E-state index in [0.717, 1.165) is 11.1 Å². The minimum Gasteiger partial charge on any atom is -0.493 e. The van der Waals surface area contributed by atoms with Gasteiger partial charge in [-0.1, -0.05) is 30.3 Å². The summed E-state index contributed by atoms with van der Waals surface area (Å²) in [6.07, 6.45) is 0. The van der Waals surface area contributed by atoms with Gasteiger partial charge in [0.1, 0.15) is 0 Å². The topological polar surface area (TPSA) is 47.6 Å². The summed E-state index contributed by atoms with van der Waals surface area (Å²) in [6, 6.07) is 13.7. The van der Waals surface area contributed by atoms with Crippen molar-refractivity contribution in [3.05, 3.63) is 59.2 Å². The summed E-state index contributed by atoms with van der Waals surface area (Å²) in [5, 5.41) is 3.28. The van der Waals surface area contributed by atoms with Crippen LogP contribution in [0.25, 0.3) is 0 Å². The van der Waals surface area contributed by atoms with Gasteiger partial charge < -0.3 is 9.47 Å². The Morgan fingerprint density at radius 1 is 1.05 bits per heavy atom. The van der Waals surface area contributed by atoms with Gasteiger partial charge in [0.2, 0.25) is 0 Å². The number of benzene rings is 2. The van der Waals surface area contributed by atoms with E-state index in [-0.39, 0.29) is 11.8 Å². The molecule has 0 aliphatic carbocycles. The minimum atomic E-state index is -0.0151. The fourth-order valence-electron chi connectivity index (χ4n) is 2.72. The molecule has 21 heavy (non-hydrogen) atoms. The molecule has 0 spiro atoms. The molecule has 2 aromatic rings. The van der Waals surface area contributed by atoms with Crippen molar-refractivity contribution in [2.75, 3.05) is 20.8 Å². The van der Waals surface area contributed by atoms with Crippen LogP contribution in [0.15, 0.2) is 42.5 Å². The molecule has 4 heteroatoms. The Morgan fingerprint density at radius 2 is 1.71 bits per heavy atom. The van der Waals surface area contributed by atoms with Gasteiger partial charge >= 0.3 is 0 Å². The molecule has 1 atom stereocenters. The number of carbonyl (C=O) groups is 1. The van der Waals surface area contributed by atoms with Crippen molar-refractivity contribution in [1.29, 1.82) is 0 Å². The Labute approximate surface area is 123 Å². The number of fused-ring (bicyclic) bond motifs is 1. The first-order chi connectivity index (χ1) is 10.2. The molecule has 1 aliphatic heterocycles. The number of nitrogens with one attached hydrogen (secondary N) is 1. The van der Waals surface area contributed by atoms with Crippen LogP contribution in [-0.4, -0.2) is 26.5 Å². The molecule has 1 heterocycles. The maximum Gasteiger partial charge on any atom is 0.177 e. The highest BCUT2D eigenvalue weighted by molar-refractivity contribution is 6.01. The summed E-state index contributed by atoms with van der Waals surface area (Å²) in [5.41, 5.74) is 2.74. The summed E-state index contributed by atoms with van der Waals surface area (Å²) >= 11 is 0. The maximum atomic E-state index is 12.2. The molecule has 0 radical (unpaired) electrons. The van der Waals surface area contributed by atoms with Gasteiger partial charge in [0.05, 0.1) is 26.8 Å². The van der Waals surface area contributed by atoms with Crippen LogP contribution >= 0.6 is 0 Å². The highest BCUT2D eigenvalue weighted by Gasteiger charge is 2.28. The fraction of sp³-hybridized carbons (Fsp3) is 0.235. The van der Waals surface area contributed by atoms with Crippen LogP contribution < -0.4 is 14.8 Å². The first-order valence-corrected chi connectivity index (χ1v) is 6.82. The van der Waals surface area contributed by atoms with Crippen LogP contribution in [0.1, 0.15) is 27.5 Å². The number of methoxy groups -OCH3 is 2. The van der Waals surface area contributed by atoms with E-state index in [1.165, 1.54) is 0 Å². The standard InChI is InChI=1S/C17H17NO3/c1-20-15-8-12-13(9-16(15)21-2)17(18-10-14(12)19)11-6-4-3-5-7-11/h3-9,17-18H,10H2,1-2H3. The number of hydrogen-bond donors (Lipinski definition) is 1. The van der Waals surface area contributed by atoms with Crippen LogP contribution in [-0.2, 0) is 0 Å². The monoisotopic (exact) mass is 283 g/mol. The van der Waals surface area contributed by atoms with Gasteiger partial charge in [-0.25, -0.2) is 0 Å². The van der Waals surface area contributed by atoms with Crippen molar-refractivity contribution in [3.63, 3.8) is 0 Å². The molecule has 0 amide bonds. The molecular formula is C17H17NO3. The summed E-state index contributed by atoms with van der Waals surface area (Å²) in [5.74, 6) is 1.28. The lowest BCUT2D eigenvalue weighted by Gasteiger charge is -2.27. The Morgan fingerprint density at radius 3 is 2.38 bits per heavy atom. The van der Waals surface area contributed by atoms with E-state index < -0.39 is 0 Å². The number of Topliss-reactive ketones (excluding diaryl/α,β-unsaturated/α-hetero) is 1. The predicted molar refractivity (Wildman–Crippen MR) is 80.2 cm³/mol. The van der Waals surface area contributed by atoms with Gasteiger partial charge in [0.15, 0.2) is 17.3 Å². The van der Waals surface area contributed by atoms with Crippen molar-refractivity contribution in [2.24, 2.45) is 0 Å². The van der Waals surface area contributed by atoms with Gasteiger partial charge in [-0.15, -0.1) is 0 Å². The lowest BCUT2D eigenvalue weighted by atomic mass is 9.89. The van der Waals surface area contributed by atoms with Crippen molar-refractivity contribution >= 4 is 5.78 Å². The quantitative estimate of drug-likeness (QED) is 0.940. The fourth-order valence-corrected chi connectivity index (χ4v) is 2.72. The maximum absolute atomic E-state index is 12.2. The second kappa shape index (κ2) is 5.58. The zero-order valence-corrected chi connectivity index (χ0v) is 12.1. The second-order valence-electron chi connectivity index (χ2n) is 4.94. The number of ketones is 1. The largest absolute Gasteiger partial charge is 0.493 e. The van der Waals surface area contributed by atoms with Crippen molar-refractivity contribution in [1.82, 2.24) is 5.32 Å². The molecule has 4 nitrogen and oxygen atoms in total. The first kappa shape index (κ1) is 13.6. The van der Waals surface area contributed by atoms with Crippen LogP contribution in [0.3, 0.4) is 0 Å². The second-order valence-corrected chi connectivity index (χ2v) is 4.94. The summed E-state index contributed by atoms with van der Waals surface area (Å²) in [4.78, 5) is 12.2. The van der Waals surface area contributed by atoms with Gasteiger partial charge in [0.25, 0.3) is 0 Å². The molecule has 108 valence electrons. The van der Waals surface area contributed by atoms with E-state index in [9.17, 15) is 4.79 Å². The lowest BCUT2D eigenvalue weighted by Crippen LogP contribution is -2.35. The molecule has 1 N–H and O–H groups in total. The molecule has 3 rings (SSSR count). The van der Waals surface area contributed by atoms with Crippen LogP contribution in [0.5, 0.6) is 11.5 Å². The lowest BCUT2D eigenvalue weighted by molar-refractivity contribution is 0.0978. The molecule has 0 saturated carbocycles. The number of ether oxygens (including phenoxy) is 2. The average Bonchev–Trinajstić information content (AvgIpc) is 2.55. The zero-order valence-electron chi connectivity index (χ0n) is 12.1. The minimum absolute atomic E-state index is 0.0151. The Balaban J connectivity index is 2.15. The average molecular weight is 283 g/mol. The molecule has 0 aromatic heterocycles. The highest BCUT2D eigenvalue weighted by Crippen LogP contribution is 2.37. The third-order valence-electron chi connectivity index (χ3n) is 3.77. The summed E-state index contributed by atoms with van der Waals surface area (Å²) in [7, 11) is 3.17. The molecule has 2 aromatic carbocycles. The molecular weight excluding hydrogens is 266 g/mol. The van der Waals surface area contributed by atoms with E-state index in [2.05, 4.69) is 5.32 Å². The smallest absolute Gasteiger partial charge is 0.177 e. The molecule has 0 bridgehead atoms. The molecule has 1 aliphatic rings. The molecule has 1 unspecified atom stereocenters. The number of rotatable bonds is 3. The Hall–Kier alpha value is -2.33. The third-order valence-corrected chi connectivity index (χ3v) is 3.77. The van der Waals surface area contributed by atoms with E-state index in [0.29, 0.717) is 23.6 Å². The van der Waals surface area contributed by atoms with Crippen LogP contribution in [0.4, 0.5) is 0 Å². The predicted octanol–water partition coefficient (Wildman–Crippen LogP) is 2.58. The highest BCUT2D eigenvalue weighted by atomic mass is 16.5. The van der Waals surface area contributed by atoms with E-state index in [1.54, 1.807) is 20.3 Å². The van der Waals surface area contributed by atoms with E-state index in [1.807, 2.05) is 36.4 Å². The van der Waals surface area contributed by atoms with Crippen molar-refractivity contribution < 1.29 is 14.3 Å². The van der Waals surface area contributed by atoms with Gasteiger partial charge in [-0.2, -0.15) is 0 Å². The summed E-state index contributed by atoms with van der Waals surface area (Å²) < 4.78 is 10.7. The van der Waals surface area contributed by atoms with Gasteiger partial charge in [-0.05, 0) is 23.3 Å². The SMILES string of the molecule is COc1cc2c(cc1OC)C(c1ccccc1)NCC2=O. The summed E-state index contributed by atoms with van der Waals surface area (Å²) in [6.45, 7) is 0.321.